The summed E-state index contributed by atoms with van der Waals surface area (Å²) in [5, 5.41) is 0. The molecular formula is C10H17NO2. The fourth-order valence-corrected chi connectivity index (χ4v) is 1.54. The van der Waals surface area contributed by atoms with Crippen molar-refractivity contribution in [3.63, 3.8) is 0 Å². The standard InChI is InChI=1S/C10H17NO2/c1-8(12)10(2,3)11-6-4-9(13)5-7-11/h4-7H2,1-3H3. The Morgan fingerprint density at radius 2 is 1.77 bits per heavy atom. The molecule has 0 unspecified atom stereocenters. The molecule has 1 aliphatic heterocycles. The number of carbonyl (C=O) groups is 2. The molecule has 3 heteroatoms. The molecular weight excluding hydrogens is 166 g/mol. The second-order valence-corrected chi connectivity index (χ2v) is 4.14. The van der Waals surface area contributed by atoms with E-state index in [1.807, 2.05) is 13.8 Å². The summed E-state index contributed by atoms with van der Waals surface area (Å²) < 4.78 is 0. The monoisotopic (exact) mass is 183 g/mol. The fraction of sp³-hybridized carbons (Fsp3) is 0.800. The van der Waals surface area contributed by atoms with Crippen LogP contribution in [0.25, 0.3) is 0 Å². The predicted octanol–water partition coefficient (Wildman–Crippen LogP) is 1.02. The summed E-state index contributed by atoms with van der Waals surface area (Å²) in [6, 6.07) is 0. The second kappa shape index (κ2) is 3.58. The van der Waals surface area contributed by atoms with Gasteiger partial charge in [0.25, 0.3) is 0 Å². The van der Waals surface area contributed by atoms with Gasteiger partial charge in [-0.1, -0.05) is 0 Å². The van der Waals surface area contributed by atoms with E-state index in [2.05, 4.69) is 4.90 Å². The van der Waals surface area contributed by atoms with Crippen LogP contribution in [0.2, 0.25) is 0 Å². The number of piperidine rings is 1. The molecule has 0 amide bonds. The second-order valence-electron chi connectivity index (χ2n) is 4.14. The minimum Gasteiger partial charge on any atom is -0.300 e. The molecule has 0 N–H and O–H groups in total. The lowest BCUT2D eigenvalue weighted by atomic mass is 9.94. The summed E-state index contributed by atoms with van der Waals surface area (Å²) in [4.78, 5) is 24.4. The van der Waals surface area contributed by atoms with Crippen LogP contribution in [-0.4, -0.2) is 35.1 Å². The Kier molecular flexibility index (Phi) is 2.86. The Hall–Kier alpha value is -0.700. The van der Waals surface area contributed by atoms with Gasteiger partial charge in [-0.05, 0) is 20.8 Å². The quantitative estimate of drug-likeness (QED) is 0.641. The lowest BCUT2D eigenvalue weighted by Crippen LogP contribution is -2.52. The highest BCUT2D eigenvalue weighted by atomic mass is 16.1. The van der Waals surface area contributed by atoms with Crippen molar-refractivity contribution in [1.29, 1.82) is 0 Å². The number of Topliss-reactive ketones (excluding diaryl/α,β-unsaturated/α-hetero) is 2. The average Bonchev–Trinajstić information content (AvgIpc) is 2.04. The number of likely N-dealkylation sites (tertiary alicyclic amines) is 1. The van der Waals surface area contributed by atoms with Gasteiger partial charge in [-0.2, -0.15) is 0 Å². The Morgan fingerprint density at radius 1 is 1.31 bits per heavy atom. The molecule has 0 atom stereocenters. The molecule has 13 heavy (non-hydrogen) atoms. The molecule has 0 aromatic heterocycles. The molecule has 0 bridgehead atoms. The summed E-state index contributed by atoms with van der Waals surface area (Å²) in [5.41, 5.74) is -0.402. The third-order valence-corrected chi connectivity index (χ3v) is 2.97. The number of ketones is 2. The molecule has 0 aliphatic carbocycles. The minimum absolute atomic E-state index is 0.168. The van der Waals surface area contributed by atoms with Crippen molar-refractivity contribution in [2.45, 2.75) is 39.2 Å². The van der Waals surface area contributed by atoms with Crippen molar-refractivity contribution in [2.75, 3.05) is 13.1 Å². The van der Waals surface area contributed by atoms with E-state index < -0.39 is 5.54 Å². The lowest BCUT2D eigenvalue weighted by molar-refractivity contribution is -0.131. The average molecular weight is 183 g/mol. The van der Waals surface area contributed by atoms with Crippen molar-refractivity contribution in [3.8, 4) is 0 Å². The molecule has 3 nitrogen and oxygen atoms in total. The first-order valence-electron chi connectivity index (χ1n) is 4.72. The van der Waals surface area contributed by atoms with Crippen LogP contribution < -0.4 is 0 Å². The van der Waals surface area contributed by atoms with Crippen molar-refractivity contribution in [2.24, 2.45) is 0 Å². The van der Waals surface area contributed by atoms with Gasteiger partial charge >= 0.3 is 0 Å². The van der Waals surface area contributed by atoms with Gasteiger partial charge in [-0.15, -0.1) is 0 Å². The Morgan fingerprint density at radius 3 is 2.15 bits per heavy atom. The third kappa shape index (κ3) is 2.15. The largest absolute Gasteiger partial charge is 0.300 e. The molecule has 0 saturated carbocycles. The van der Waals surface area contributed by atoms with Gasteiger partial charge in [0.2, 0.25) is 0 Å². The zero-order valence-electron chi connectivity index (χ0n) is 8.59. The van der Waals surface area contributed by atoms with Crippen LogP contribution in [-0.2, 0) is 9.59 Å². The van der Waals surface area contributed by atoms with Crippen LogP contribution >= 0.6 is 0 Å². The normalized spacial score (nSPS) is 20.4. The van der Waals surface area contributed by atoms with Crippen molar-refractivity contribution in [1.82, 2.24) is 4.90 Å². The van der Waals surface area contributed by atoms with E-state index in [9.17, 15) is 9.59 Å². The Labute approximate surface area is 79.1 Å². The molecule has 1 aliphatic rings. The maximum atomic E-state index is 11.3. The molecule has 74 valence electrons. The summed E-state index contributed by atoms with van der Waals surface area (Å²) in [6.07, 6.45) is 1.19. The molecule has 0 spiro atoms. The zero-order valence-corrected chi connectivity index (χ0v) is 8.59. The highest BCUT2D eigenvalue weighted by molar-refractivity contribution is 5.86. The van der Waals surface area contributed by atoms with E-state index in [-0.39, 0.29) is 5.78 Å². The van der Waals surface area contributed by atoms with Crippen molar-refractivity contribution < 1.29 is 9.59 Å². The van der Waals surface area contributed by atoms with E-state index in [1.165, 1.54) is 0 Å². The first kappa shape index (κ1) is 10.4. The van der Waals surface area contributed by atoms with Crippen LogP contribution in [0, 0.1) is 0 Å². The maximum absolute atomic E-state index is 11.3. The fourth-order valence-electron chi connectivity index (χ4n) is 1.54. The van der Waals surface area contributed by atoms with Crippen molar-refractivity contribution >= 4 is 11.6 Å². The number of hydrogen-bond acceptors (Lipinski definition) is 3. The van der Waals surface area contributed by atoms with Crippen LogP contribution in [0.5, 0.6) is 0 Å². The lowest BCUT2D eigenvalue weighted by Gasteiger charge is -2.38. The van der Waals surface area contributed by atoms with E-state index in [0.29, 0.717) is 18.6 Å². The van der Waals surface area contributed by atoms with E-state index >= 15 is 0 Å². The Bertz CT molecular complexity index is 223. The van der Waals surface area contributed by atoms with Crippen LogP contribution in [0.1, 0.15) is 33.6 Å². The third-order valence-electron chi connectivity index (χ3n) is 2.97. The van der Waals surface area contributed by atoms with Gasteiger partial charge in [0.05, 0.1) is 5.54 Å². The maximum Gasteiger partial charge on any atom is 0.149 e. The molecule has 1 fully saturated rings. The number of nitrogens with zero attached hydrogens (tertiary/aromatic N) is 1. The van der Waals surface area contributed by atoms with Crippen LogP contribution in [0.15, 0.2) is 0 Å². The topological polar surface area (TPSA) is 37.4 Å². The molecule has 1 rings (SSSR count). The highest BCUT2D eigenvalue weighted by Gasteiger charge is 2.33. The minimum atomic E-state index is -0.402. The number of carbonyl (C=O) groups excluding carboxylic acids is 2. The van der Waals surface area contributed by atoms with Crippen LogP contribution in [0.3, 0.4) is 0 Å². The van der Waals surface area contributed by atoms with E-state index in [0.717, 1.165) is 13.1 Å². The summed E-state index contributed by atoms with van der Waals surface area (Å²) in [5.74, 6) is 0.484. The van der Waals surface area contributed by atoms with Gasteiger partial charge in [0, 0.05) is 25.9 Å². The smallest absolute Gasteiger partial charge is 0.149 e. The van der Waals surface area contributed by atoms with Gasteiger partial charge in [-0.25, -0.2) is 0 Å². The SMILES string of the molecule is CC(=O)C(C)(C)N1CCC(=O)CC1. The van der Waals surface area contributed by atoms with Crippen molar-refractivity contribution in [3.05, 3.63) is 0 Å². The van der Waals surface area contributed by atoms with Gasteiger partial charge < -0.3 is 0 Å². The number of rotatable bonds is 2. The predicted molar refractivity (Wildman–Crippen MR) is 50.6 cm³/mol. The molecule has 0 aromatic carbocycles. The zero-order chi connectivity index (χ0) is 10.1. The first-order valence-corrected chi connectivity index (χ1v) is 4.72. The van der Waals surface area contributed by atoms with Crippen LogP contribution in [0.4, 0.5) is 0 Å². The summed E-state index contributed by atoms with van der Waals surface area (Å²) in [7, 11) is 0. The Balaban J connectivity index is 2.62. The molecule has 1 heterocycles. The molecule has 0 aromatic rings. The van der Waals surface area contributed by atoms with Gasteiger partial charge in [0.15, 0.2) is 0 Å². The van der Waals surface area contributed by atoms with E-state index in [4.69, 9.17) is 0 Å². The first-order chi connectivity index (χ1) is 5.94. The van der Waals surface area contributed by atoms with Gasteiger partial charge in [-0.3, -0.25) is 14.5 Å². The highest BCUT2D eigenvalue weighted by Crippen LogP contribution is 2.19. The molecule has 1 saturated heterocycles. The summed E-state index contributed by atoms with van der Waals surface area (Å²) >= 11 is 0. The summed E-state index contributed by atoms with van der Waals surface area (Å²) in [6.45, 7) is 6.91. The number of hydrogen-bond donors (Lipinski definition) is 0. The van der Waals surface area contributed by atoms with Gasteiger partial charge in [0.1, 0.15) is 11.6 Å². The van der Waals surface area contributed by atoms with E-state index in [1.54, 1.807) is 6.92 Å². The molecule has 0 radical (unpaired) electrons.